The molecule has 1 aliphatic heterocycles. The number of rotatable bonds is 4. The van der Waals surface area contributed by atoms with Crippen molar-refractivity contribution >= 4 is 41.6 Å². The van der Waals surface area contributed by atoms with E-state index in [1.165, 1.54) is 0 Å². The van der Waals surface area contributed by atoms with Crippen molar-refractivity contribution in [3.05, 3.63) is 16.5 Å². The van der Waals surface area contributed by atoms with Gasteiger partial charge in [-0.3, -0.25) is 4.79 Å². The van der Waals surface area contributed by atoms with Gasteiger partial charge >= 0.3 is 0 Å². The van der Waals surface area contributed by atoms with Gasteiger partial charge in [0.2, 0.25) is 0 Å². The number of furan rings is 1. The summed E-state index contributed by atoms with van der Waals surface area (Å²) < 4.78 is 32.7. The van der Waals surface area contributed by atoms with Crippen LogP contribution < -0.4 is 0 Å². The molecular weight excluding hydrogens is 374 g/mol. The lowest BCUT2D eigenvalue weighted by atomic mass is 10.1. The predicted octanol–water partition coefficient (Wildman–Crippen LogP) is 2.08. The van der Waals surface area contributed by atoms with Crippen LogP contribution in [-0.4, -0.2) is 46.0 Å². The normalized spacial score (nSPS) is 19.6. The van der Waals surface area contributed by atoms with Crippen LogP contribution in [0.15, 0.2) is 20.0 Å². The molecule has 1 aromatic heterocycles. The lowest BCUT2D eigenvalue weighted by molar-refractivity contribution is 0.0743. The Morgan fingerprint density at radius 1 is 1.65 bits per heavy atom. The first-order chi connectivity index (χ1) is 9.32. The Labute approximate surface area is 129 Å². The minimum atomic E-state index is -3.95. The fourth-order valence-electron chi connectivity index (χ4n) is 2.17. The third kappa shape index (κ3) is 3.36. The van der Waals surface area contributed by atoms with Crippen molar-refractivity contribution in [2.75, 3.05) is 26.8 Å². The van der Waals surface area contributed by atoms with Gasteiger partial charge in [-0.25, -0.2) is 8.42 Å². The topological polar surface area (TPSA) is 76.8 Å². The average molecular weight is 387 g/mol. The second-order valence-corrected chi connectivity index (χ2v) is 7.80. The van der Waals surface area contributed by atoms with E-state index in [4.69, 9.17) is 19.8 Å². The molecule has 1 atom stereocenters. The largest absolute Gasteiger partial charge is 0.443 e. The van der Waals surface area contributed by atoms with E-state index in [0.29, 0.717) is 25.6 Å². The smallest absolute Gasteiger partial charge is 0.289 e. The van der Waals surface area contributed by atoms with Gasteiger partial charge in [-0.15, -0.1) is 0 Å². The predicted molar refractivity (Wildman–Crippen MR) is 75.3 cm³/mol. The number of hydrogen-bond acceptors (Lipinski definition) is 5. The summed E-state index contributed by atoms with van der Waals surface area (Å²) in [6.07, 6.45) is 0.849. The van der Waals surface area contributed by atoms with Crippen molar-refractivity contribution in [2.24, 2.45) is 5.92 Å². The van der Waals surface area contributed by atoms with Crippen LogP contribution in [0, 0.1) is 5.92 Å². The lowest BCUT2D eigenvalue weighted by Crippen LogP contribution is -2.28. The standard InChI is InChI=1S/C11H13BrClNO5S/c1-18-6-7-2-3-14(5-7)11(15)8-4-9(10(12)19-8)20(13,16)17/h4,7H,2-3,5-6H2,1H3. The maximum Gasteiger partial charge on any atom is 0.289 e. The Hall–Kier alpha value is -0.570. The third-order valence-corrected chi connectivity index (χ3v) is 5.28. The molecule has 1 unspecified atom stereocenters. The molecule has 0 spiro atoms. The van der Waals surface area contributed by atoms with Crippen LogP contribution in [0.1, 0.15) is 17.0 Å². The van der Waals surface area contributed by atoms with E-state index in [1.54, 1.807) is 12.0 Å². The summed E-state index contributed by atoms with van der Waals surface area (Å²) in [4.78, 5) is 13.6. The molecule has 2 heterocycles. The van der Waals surface area contributed by atoms with E-state index < -0.39 is 9.05 Å². The van der Waals surface area contributed by atoms with Crippen LogP contribution in [0.4, 0.5) is 0 Å². The van der Waals surface area contributed by atoms with Crippen molar-refractivity contribution in [2.45, 2.75) is 11.3 Å². The van der Waals surface area contributed by atoms with Crippen molar-refractivity contribution < 1.29 is 22.4 Å². The van der Waals surface area contributed by atoms with Crippen molar-refractivity contribution in [1.29, 1.82) is 0 Å². The first-order valence-corrected chi connectivity index (χ1v) is 8.95. The summed E-state index contributed by atoms with van der Waals surface area (Å²) in [5, 5.41) is 0. The first kappa shape index (κ1) is 15.8. The Morgan fingerprint density at radius 2 is 2.35 bits per heavy atom. The van der Waals surface area contributed by atoms with E-state index in [9.17, 15) is 13.2 Å². The molecule has 2 rings (SSSR count). The maximum absolute atomic E-state index is 12.2. The van der Waals surface area contributed by atoms with Gasteiger partial charge in [0.15, 0.2) is 10.4 Å². The molecule has 0 saturated carbocycles. The minimum Gasteiger partial charge on any atom is -0.443 e. The highest BCUT2D eigenvalue weighted by Gasteiger charge is 2.30. The van der Waals surface area contributed by atoms with E-state index >= 15 is 0 Å². The zero-order chi connectivity index (χ0) is 14.9. The zero-order valence-electron chi connectivity index (χ0n) is 10.6. The van der Waals surface area contributed by atoms with Gasteiger partial charge in [-0.2, -0.15) is 0 Å². The maximum atomic E-state index is 12.2. The number of hydrogen-bond donors (Lipinski definition) is 0. The van der Waals surface area contributed by atoms with Gasteiger partial charge in [0.1, 0.15) is 4.90 Å². The SMILES string of the molecule is COCC1CCN(C(=O)c2cc(S(=O)(=O)Cl)c(Br)o2)C1. The molecule has 1 aromatic rings. The highest BCUT2D eigenvalue weighted by atomic mass is 79.9. The summed E-state index contributed by atoms with van der Waals surface area (Å²) in [6, 6.07) is 1.14. The van der Waals surface area contributed by atoms with Gasteiger partial charge in [0, 0.05) is 42.9 Å². The average Bonchev–Trinajstić information content (AvgIpc) is 2.94. The molecule has 20 heavy (non-hydrogen) atoms. The van der Waals surface area contributed by atoms with Crippen LogP contribution in [0.5, 0.6) is 0 Å². The van der Waals surface area contributed by atoms with Crippen LogP contribution in [0.2, 0.25) is 0 Å². The molecule has 112 valence electrons. The zero-order valence-corrected chi connectivity index (χ0v) is 13.8. The summed E-state index contributed by atoms with van der Waals surface area (Å²) in [7, 11) is 2.92. The summed E-state index contributed by atoms with van der Waals surface area (Å²) in [5.41, 5.74) is 0. The van der Waals surface area contributed by atoms with Gasteiger partial charge in [-0.05, 0) is 22.4 Å². The molecule has 1 amide bonds. The van der Waals surface area contributed by atoms with Gasteiger partial charge < -0.3 is 14.1 Å². The summed E-state index contributed by atoms with van der Waals surface area (Å²) in [6.45, 7) is 1.75. The fraction of sp³-hybridized carbons (Fsp3) is 0.545. The molecule has 0 aromatic carbocycles. The van der Waals surface area contributed by atoms with Crippen molar-refractivity contribution in [3.8, 4) is 0 Å². The molecule has 0 aliphatic carbocycles. The number of methoxy groups -OCH3 is 1. The van der Waals surface area contributed by atoms with Gasteiger partial charge in [0.05, 0.1) is 6.61 Å². The monoisotopic (exact) mass is 385 g/mol. The minimum absolute atomic E-state index is 0.0471. The van der Waals surface area contributed by atoms with Crippen LogP contribution in [0.25, 0.3) is 0 Å². The van der Waals surface area contributed by atoms with Gasteiger partial charge in [0.25, 0.3) is 15.0 Å². The second-order valence-electron chi connectivity index (χ2n) is 4.55. The molecule has 0 bridgehead atoms. The molecule has 1 saturated heterocycles. The summed E-state index contributed by atoms with van der Waals surface area (Å²) in [5.74, 6) is -0.108. The number of halogens is 2. The van der Waals surface area contributed by atoms with Crippen molar-refractivity contribution in [3.63, 3.8) is 0 Å². The highest BCUT2D eigenvalue weighted by Crippen LogP contribution is 2.30. The number of nitrogens with zero attached hydrogens (tertiary/aromatic N) is 1. The quantitative estimate of drug-likeness (QED) is 0.741. The Balaban J connectivity index is 2.15. The second kappa shape index (κ2) is 6.05. The van der Waals surface area contributed by atoms with Crippen LogP contribution in [-0.2, 0) is 13.8 Å². The Morgan fingerprint density at radius 3 is 2.90 bits per heavy atom. The van der Waals surface area contributed by atoms with Crippen LogP contribution >= 0.6 is 26.6 Å². The lowest BCUT2D eigenvalue weighted by Gasteiger charge is -2.14. The molecular formula is C11H13BrClNO5S. The number of carbonyl (C=O) groups excluding carboxylic acids is 1. The molecule has 1 aliphatic rings. The number of amides is 1. The number of carbonyl (C=O) groups is 1. The van der Waals surface area contributed by atoms with E-state index in [2.05, 4.69) is 15.9 Å². The Kier molecular flexibility index (Phi) is 4.78. The molecule has 6 nitrogen and oxygen atoms in total. The van der Waals surface area contributed by atoms with Gasteiger partial charge in [-0.1, -0.05) is 0 Å². The molecule has 0 radical (unpaired) electrons. The van der Waals surface area contributed by atoms with Crippen LogP contribution in [0.3, 0.4) is 0 Å². The molecule has 9 heteroatoms. The van der Waals surface area contributed by atoms with Crippen molar-refractivity contribution in [1.82, 2.24) is 4.90 Å². The van der Waals surface area contributed by atoms with E-state index in [-0.39, 0.29) is 21.2 Å². The number of likely N-dealkylation sites (tertiary alicyclic amines) is 1. The number of ether oxygens (including phenoxy) is 1. The highest BCUT2D eigenvalue weighted by molar-refractivity contribution is 9.10. The molecule has 1 fully saturated rings. The molecule has 0 N–H and O–H groups in total. The van der Waals surface area contributed by atoms with E-state index in [0.717, 1.165) is 12.5 Å². The first-order valence-electron chi connectivity index (χ1n) is 5.85. The van der Waals surface area contributed by atoms with E-state index in [1.807, 2.05) is 0 Å². The fourth-order valence-corrected chi connectivity index (χ4v) is 4.20. The summed E-state index contributed by atoms with van der Waals surface area (Å²) >= 11 is 2.95. The Bertz CT molecular complexity index is 614. The third-order valence-electron chi connectivity index (χ3n) is 3.10.